The first-order chi connectivity index (χ1) is 4.79. The standard InChI is InChI=1S/C8H12N2/c1-7(2)6-8-4-3-5-9-10-8/h3-4,7,10H,6H2,1-2H3. The highest BCUT2D eigenvalue weighted by Gasteiger charge is 1.99. The summed E-state index contributed by atoms with van der Waals surface area (Å²) in [6, 6.07) is 0. The molecule has 1 heterocycles. The lowest BCUT2D eigenvalue weighted by molar-refractivity contribution is 0.609. The van der Waals surface area contributed by atoms with Crippen molar-refractivity contribution < 1.29 is 0 Å². The maximum Gasteiger partial charge on any atom is 0.0352 e. The summed E-state index contributed by atoms with van der Waals surface area (Å²) in [7, 11) is 0. The van der Waals surface area contributed by atoms with E-state index in [4.69, 9.17) is 0 Å². The fraction of sp³-hybridized carbons (Fsp3) is 0.500. The summed E-state index contributed by atoms with van der Waals surface area (Å²) in [4.78, 5) is 0. The quantitative estimate of drug-likeness (QED) is 0.613. The van der Waals surface area contributed by atoms with Gasteiger partial charge in [0, 0.05) is 17.6 Å². The summed E-state index contributed by atoms with van der Waals surface area (Å²) in [6.07, 6.45) is 4.89. The molecule has 0 saturated heterocycles. The lowest BCUT2D eigenvalue weighted by Crippen LogP contribution is -2.08. The van der Waals surface area contributed by atoms with Crippen molar-refractivity contribution in [2.24, 2.45) is 11.0 Å². The van der Waals surface area contributed by atoms with Gasteiger partial charge >= 0.3 is 0 Å². The number of rotatable bonds is 2. The number of nitrogens with one attached hydrogen (secondary N) is 1. The van der Waals surface area contributed by atoms with Gasteiger partial charge in [-0.05, 0) is 18.4 Å². The molecule has 0 bridgehead atoms. The second-order valence-corrected chi connectivity index (χ2v) is 2.81. The van der Waals surface area contributed by atoms with Crippen LogP contribution in [0.15, 0.2) is 23.0 Å². The van der Waals surface area contributed by atoms with Crippen LogP contribution < -0.4 is 5.43 Å². The first-order valence-corrected chi connectivity index (χ1v) is 3.52. The fourth-order valence-electron chi connectivity index (χ4n) is 0.870. The molecule has 2 heteroatoms. The molecule has 0 saturated carbocycles. The minimum Gasteiger partial charge on any atom is -0.274 e. The highest BCUT2D eigenvalue weighted by Crippen LogP contribution is 2.08. The topological polar surface area (TPSA) is 24.4 Å². The van der Waals surface area contributed by atoms with E-state index < -0.39 is 0 Å². The van der Waals surface area contributed by atoms with Crippen molar-refractivity contribution in [2.75, 3.05) is 0 Å². The lowest BCUT2D eigenvalue weighted by Gasteiger charge is -2.08. The van der Waals surface area contributed by atoms with Gasteiger partial charge < -0.3 is 0 Å². The fourth-order valence-corrected chi connectivity index (χ4v) is 0.870. The van der Waals surface area contributed by atoms with Gasteiger partial charge in [0.25, 0.3) is 0 Å². The molecule has 1 aliphatic heterocycles. The molecule has 0 aliphatic carbocycles. The molecule has 0 aromatic heterocycles. The molecule has 0 aromatic carbocycles. The predicted molar refractivity (Wildman–Crippen MR) is 42.7 cm³/mol. The third-order valence-electron chi connectivity index (χ3n) is 1.25. The summed E-state index contributed by atoms with van der Waals surface area (Å²) in [5.41, 5.74) is 4.07. The third kappa shape index (κ3) is 2.08. The van der Waals surface area contributed by atoms with Gasteiger partial charge in [-0.1, -0.05) is 13.8 Å². The normalized spacial score (nSPS) is 15.3. The van der Waals surface area contributed by atoms with E-state index in [9.17, 15) is 0 Å². The van der Waals surface area contributed by atoms with E-state index in [1.165, 1.54) is 5.70 Å². The second-order valence-electron chi connectivity index (χ2n) is 2.81. The van der Waals surface area contributed by atoms with Crippen LogP contribution in [-0.4, -0.2) is 5.87 Å². The molecule has 0 amide bonds. The zero-order chi connectivity index (χ0) is 7.40. The Morgan fingerprint density at radius 2 is 2.50 bits per heavy atom. The van der Waals surface area contributed by atoms with Gasteiger partial charge in [0.2, 0.25) is 0 Å². The van der Waals surface area contributed by atoms with Crippen LogP contribution in [0.4, 0.5) is 0 Å². The number of hydrogen-bond donors (Lipinski definition) is 1. The number of allylic oxidation sites excluding steroid dienone is 3. The Hall–Kier alpha value is -1.01. The van der Waals surface area contributed by atoms with Crippen LogP contribution in [0.2, 0.25) is 0 Å². The van der Waals surface area contributed by atoms with E-state index in [2.05, 4.69) is 30.2 Å². The molecule has 54 valence electrons. The highest BCUT2D eigenvalue weighted by molar-refractivity contribution is 5.56. The van der Waals surface area contributed by atoms with Crippen LogP contribution >= 0.6 is 0 Å². The maximum atomic E-state index is 3.79. The van der Waals surface area contributed by atoms with Crippen molar-refractivity contribution in [3.8, 4) is 0 Å². The summed E-state index contributed by atoms with van der Waals surface area (Å²) in [6.45, 7) is 4.37. The van der Waals surface area contributed by atoms with E-state index >= 15 is 0 Å². The lowest BCUT2D eigenvalue weighted by atomic mass is 10.1. The van der Waals surface area contributed by atoms with Crippen LogP contribution in [0, 0.1) is 5.92 Å². The largest absolute Gasteiger partial charge is 0.274 e. The third-order valence-corrected chi connectivity index (χ3v) is 1.25. The van der Waals surface area contributed by atoms with Crippen molar-refractivity contribution in [2.45, 2.75) is 20.3 Å². The van der Waals surface area contributed by atoms with Gasteiger partial charge in [0.1, 0.15) is 0 Å². The maximum absolute atomic E-state index is 3.79. The molecular formula is C8H12N2. The minimum absolute atomic E-state index is 0.681. The van der Waals surface area contributed by atoms with E-state index in [-0.39, 0.29) is 0 Å². The molecule has 1 N–H and O–H groups in total. The first-order valence-electron chi connectivity index (χ1n) is 3.52. The minimum atomic E-state index is 0.681. The van der Waals surface area contributed by atoms with Gasteiger partial charge in [-0.2, -0.15) is 0 Å². The molecule has 0 fully saturated rings. The predicted octanol–water partition coefficient (Wildman–Crippen LogP) is 1.66. The van der Waals surface area contributed by atoms with E-state index in [0.29, 0.717) is 5.92 Å². The zero-order valence-electron chi connectivity index (χ0n) is 6.39. The summed E-state index contributed by atoms with van der Waals surface area (Å²) in [5, 5.41) is 3.79. The summed E-state index contributed by atoms with van der Waals surface area (Å²) < 4.78 is 0. The van der Waals surface area contributed by atoms with Gasteiger partial charge in [0.05, 0.1) is 0 Å². The van der Waals surface area contributed by atoms with Crippen LogP contribution in [0.1, 0.15) is 20.3 Å². The molecule has 1 aliphatic rings. The van der Waals surface area contributed by atoms with Gasteiger partial charge in [-0.25, -0.2) is 0 Å². The van der Waals surface area contributed by atoms with Crippen molar-refractivity contribution in [3.63, 3.8) is 0 Å². The Labute approximate surface area is 61.3 Å². The number of nitrogens with zero attached hydrogens (tertiary/aromatic N) is 1. The van der Waals surface area contributed by atoms with Gasteiger partial charge in [0.15, 0.2) is 0 Å². The van der Waals surface area contributed by atoms with Crippen molar-refractivity contribution >= 4 is 5.87 Å². The smallest absolute Gasteiger partial charge is 0.0352 e. The van der Waals surface area contributed by atoms with E-state index in [1.807, 2.05) is 12.2 Å². The SMILES string of the molecule is CC(C)CC1=CC=C=NN1. The summed E-state index contributed by atoms with van der Waals surface area (Å²) in [5.74, 6) is 3.38. The monoisotopic (exact) mass is 136 g/mol. The molecule has 1 rings (SSSR count). The van der Waals surface area contributed by atoms with Gasteiger partial charge in [-0.3, -0.25) is 5.43 Å². The van der Waals surface area contributed by atoms with E-state index in [1.54, 1.807) is 0 Å². The highest BCUT2D eigenvalue weighted by atomic mass is 15.3. The van der Waals surface area contributed by atoms with Crippen LogP contribution in [0.25, 0.3) is 0 Å². The van der Waals surface area contributed by atoms with Crippen LogP contribution in [0.3, 0.4) is 0 Å². The van der Waals surface area contributed by atoms with Gasteiger partial charge in [-0.15, -0.1) is 5.10 Å². The Balaban J connectivity index is 2.45. The molecule has 0 unspecified atom stereocenters. The molecular weight excluding hydrogens is 124 g/mol. The molecule has 0 spiro atoms. The van der Waals surface area contributed by atoms with E-state index in [0.717, 1.165) is 6.42 Å². The molecule has 2 nitrogen and oxygen atoms in total. The average molecular weight is 136 g/mol. The Bertz CT molecular complexity index is 195. The van der Waals surface area contributed by atoms with Crippen molar-refractivity contribution in [1.82, 2.24) is 5.43 Å². The van der Waals surface area contributed by atoms with Crippen LogP contribution in [-0.2, 0) is 0 Å². The Morgan fingerprint density at radius 3 is 3.00 bits per heavy atom. The zero-order valence-corrected chi connectivity index (χ0v) is 6.39. The Morgan fingerprint density at radius 1 is 1.70 bits per heavy atom. The molecule has 10 heavy (non-hydrogen) atoms. The second kappa shape index (κ2) is 3.23. The molecule has 0 radical (unpaired) electrons. The molecule has 0 atom stereocenters. The van der Waals surface area contributed by atoms with Crippen LogP contribution in [0.5, 0.6) is 0 Å². The average Bonchev–Trinajstić information content (AvgIpc) is 1.88. The van der Waals surface area contributed by atoms with Crippen molar-refractivity contribution in [1.29, 1.82) is 0 Å². The first kappa shape index (κ1) is 7.10. The number of hydrazone groups is 1. The summed E-state index contributed by atoms with van der Waals surface area (Å²) >= 11 is 0. The Kier molecular flexibility index (Phi) is 2.30. The van der Waals surface area contributed by atoms with Crippen molar-refractivity contribution in [3.05, 3.63) is 17.8 Å². The number of hydrogen-bond acceptors (Lipinski definition) is 2. The molecule has 0 aromatic rings.